The van der Waals surface area contributed by atoms with E-state index in [2.05, 4.69) is 16.3 Å². The molecule has 0 saturated heterocycles. The summed E-state index contributed by atoms with van der Waals surface area (Å²) in [5.74, 6) is 0. The predicted molar refractivity (Wildman–Crippen MR) is 66.4 cm³/mol. The van der Waals surface area contributed by atoms with Crippen molar-refractivity contribution in [1.82, 2.24) is 14.6 Å². The van der Waals surface area contributed by atoms with Crippen LogP contribution in [0.15, 0.2) is 36.5 Å². The number of nitrogen functional groups attached to an aromatic ring is 1. The summed E-state index contributed by atoms with van der Waals surface area (Å²) < 4.78 is 1.78. The number of fused-ring (bicyclic) bond motifs is 1. The third-order valence-corrected chi connectivity index (χ3v) is 2.70. The van der Waals surface area contributed by atoms with Crippen molar-refractivity contribution in [1.29, 1.82) is 0 Å². The Morgan fingerprint density at radius 3 is 2.89 bits per heavy atom. The molecule has 1 aromatic carbocycles. The molecule has 0 spiro atoms. The van der Waals surface area contributed by atoms with Gasteiger partial charge in [0.15, 0.2) is 0 Å². The summed E-state index contributed by atoms with van der Waals surface area (Å²) in [5, 5.41) is 4.29. The van der Waals surface area contributed by atoms with E-state index in [1.165, 1.54) is 0 Å². The second-order valence-electron chi connectivity index (χ2n) is 3.95. The number of hydrogen-bond acceptors (Lipinski definition) is 3. The molecule has 0 saturated carbocycles. The van der Waals surface area contributed by atoms with Crippen LogP contribution in [0.3, 0.4) is 0 Å². The van der Waals surface area contributed by atoms with Crippen molar-refractivity contribution in [3.63, 3.8) is 0 Å². The number of aryl methyl sites for hydroxylation is 1. The Hall–Kier alpha value is -1.26. The zero-order chi connectivity index (χ0) is 11.8. The second-order valence-corrected chi connectivity index (χ2v) is 3.95. The fraction of sp³-hybridized carbons (Fsp3) is 0.0769. The van der Waals surface area contributed by atoms with Crippen LogP contribution in [0, 0.1) is 13.1 Å². The van der Waals surface area contributed by atoms with E-state index >= 15 is 0 Å². The van der Waals surface area contributed by atoms with Gasteiger partial charge in [-0.05, 0) is 24.8 Å². The summed E-state index contributed by atoms with van der Waals surface area (Å²) in [6, 6.07) is 9.56. The monoisotopic (exact) mass is 312 g/mol. The van der Waals surface area contributed by atoms with Gasteiger partial charge in [0.1, 0.15) is 0 Å². The van der Waals surface area contributed by atoms with Gasteiger partial charge >= 0.3 is 0 Å². The van der Waals surface area contributed by atoms with Crippen LogP contribution in [-0.4, -0.2) is 14.6 Å². The van der Waals surface area contributed by atoms with Gasteiger partial charge in [-0.25, -0.2) is 0 Å². The first-order chi connectivity index (χ1) is 8.25. The van der Waals surface area contributed by atoms with Crippen LogP contribution in [0.1, 0.15) is 5.56 Å². The van der Waals surface area contributed by atoms with E-state index in [0.717, 1.165) is 28.2 Å². The summed E-state index contributed by atoms with van der Waals surface area (Å²) in [4.78, 5) is 4.26. The minimum absolute atomic E-state index is 0. The molecule has 0 aliphatic heterocycles. The molecule has 3 rings (SSSR count). The number of aromatic nitrogens is 3. The average Bonchev–Trinajstić information content (AvgIpc) is 2.74. The summed E-state index contributed by atoms with van der Waals surface area (Å²) in [5.41, 5.74) is 10.2. The molecule has 18 heavy (non-hydrogen) atoms. The Morgan fingerprint density at radius 2 is 2.11 bits per heavy atom. The molecule has 0 aliphatic carbocycles. The quantitative estimate of drug-likeness (QED) is 0.553. The van der Waals surface area contributed by atoms with Crippen molar-refractivity contribution in [2.75, 3.05) is 5.73 Å². The number of hydrogen-bond donors (Lipinski definition) is 1. The fourth-order valence-corrected chi connectivity index (χ4v) is 1.83. The largest absolute Gasteiger partial charge is 0.400 e. The molecule has 2 heterocycles. The van der Waals surface area contributed by atoms with Gasteiger partial charge in [-0.1, -0.05) is 29.5 Å². The minimum atomic E-state index is 0. The first kappa shape index (κ1) is 13.2. The van der Waals surface area contributed by atoms with E-state index in [-0.39, 0.29) is 32.7 Å². The molecule has 0 bridgehead atoms. The minimum Gasteiger partial charge on any atom is -0.400 e. The molecule has 2 aromatic heterocycles. The van der Waals surface area contributed by atoms with E-state index in [4.69, 9.17) is 5.73 Å². The summed E-state index contributed by atoms with van der Waals surface area (Å²) in [7, 11) is 0. The van der Waals surface area contributed by atoms with Gasteiger partial charge in [-0.2, -0.15) is 5.10 Å². The standard InChI is InChI=1S/C13H11N4.Y/c1-9-5-6-16-17-12(8-15-13(9)17)10-3-2-4-11(14)7-10;/h2-7H,14H2,1H3;/q-1;. The topological polar surface area (TPSA) is 56.2 Å². The summed E-state index contributed by atoms with van der Waals surface area (Å²) in [6.07, 6.45) is 4.75. The SMILES string of the molecule is Cc1ccnn2c(-c3cccc(N)c3)[c-]nc12.[Y]. The van der Waals surface area contributed by atoms with Crippen LogP contribution >= 0.6 is 0 Å². The van der Waals surface area contributed by atoms with Gasteiger partial charge in [0, 0.05) is 44.6 Å². The first-order valence-corrected chi connectivity index (χ1v) is 5.33. The molecular weight excluding hydrogens is 301 g/mol. The maximum atomic E-state index is 5.77. The van der Waals surface area contributed by atoms with Crippen molar-refractivity contribution in [2.45, 2.75) is 6.92 Å². The molecule has 1 radical (unpaired) electrons. The van der Waals surface area contributed by atoms with Gasteiger partial charge < -0.3 is 10.7 Å². The molecule has 87 valence electrons. The van der Waals surface area contributed by atoms with Crippen LogP contribution < -0.4 is 5.73 Å². The van der Waals surface area contributed by atoms with E-state index < -0.39 is 0 Å². The van der Waals surface area contributed by atoms with E-state index in [0.29, 0.717) is 0 Å². The normalized spacial score (nSPS) is 10.3. The van der Waals surface area contributed by atoms with Crippen LogP contribution in [0.5, 0.6) is 0 Å². The maximum Gasteiger partial charge on any atom is 0.0539 e. The molecule has 0 aliphatic rings. The van der Waals surface area contributed by atoms with Crippen molar-refractivity contribution in [3.05, 3.63) is 48.3 Å². The predicted octanol–water partition coefficient (Wildman–Crippen LogP) is 2.08. The Labute approximate surface area is 130 Å². The van der Waals surface area contributed by atoms with Gasteiger partial charge in [0.25, 0.3) is 0 Å². The molecule has 3 aromatic rings. The fourth-order valence-electron chi connectivity index (χ4n) is 1.83. The van der Waals surface area contributed by atoms with Crippen LogP contribution in [-0.2, 0) is 32.7 Å². The molecule has 0 unspecified atom stereocenters. The molecular formula is C13H11N4Y-. The summed E-state index contributed by atoms with van der Waals surface area (Å²) in [6.45, 7) is 2.00. The van der Waals surface area contributed by atoms with Crippen LogP contribution in [0.25, 0.3) is 16.9 Å². The molecule has 4 nitrogen and oxygen atoms in total. The third-order valence-electron chi connectivity index (χ3n) is 2.70. The maximum absolute atomic E-state index is 5.77. The molecule has 0 fully saturated rings. The molecule has 0 atom stereocenters. The smallest absolute Gasteiger partial charge is 0.0539 e. The number of anilines is 1. The molecule has 2 N–H and O–H groups in total. The average molecular weight is 312 g/mol. The van der Waals surface area contributed by atoms with Crippen molar-refractivity contribution in [3.8, 4) is 11.3 Å². The van der Waals surface area contributed by atoms with Crippen molar-refractivity contribution in [2.24, 2.45) is 0 Å². The Bertz CT molecular complexity index is 690. The number of benzene rings is 1. The number of nitrogens with two attached hydrogens (primary N) is 1. The van der Waals surface area contributed by atoms with Crippen molar-refractivity contribution >= 4 is 11.3 Å². The number of imidazole rings is 1. The van der Waals surface area contributed by atoms with E-state index in [1.807, 2.05) is 37.3 Å². The second kappa shape index (κ2) is 5.16. The molecule has 0 amide bonds. The zero-order valence-electron chi connectivity index (χ0n) is 9.96. The number of nitrogens with zero attached hydrogens (tertiary/aromatic N) is 3. The van der Waals surface area contributed by atoms with Gasteiger partial charge in [-0.15, -0.1) is 6.07 Å². The Balaban J connectivity index is 0.00000120. The van der Waals surface area contributed by atoms with Crippen molar-refractivity contribution < 1.29 is 32.7 Å². The Morgan fingerprint density at radius 1 is 1.28 bits per heavy atom. The number of rotatable bonds is 1. The van der Waals surface area contributed by atoms with E-state index in [1.54, 1.807) is 10.7 Å². The van der Waals surface area contributed by atoms with Gasteiger partial charge in [-0.3, -0.25) is 4.52 Å². The third kappa shape index (κ3) is 2.18. The van der Waals surface area contributed by atoms with Crippen LogP contribution in [0.4, 0.5) is 5.69 Å². The van der Waals surface area contributed by atoms with Crippen LogP contribution in [0.2, 0.25) is 0 Å². The molecule has 5 heteroatoms. The summed E-state index contributed by atoms with van der Waals surface area (Å²) >= 11 is 0. The first-order valence-electron chi connectivity index (χ1n) is 5.33. The Kier molecular flexibility index (Phi) is 3.78. The van der Waals surface area contributed by atoms with E-state index in [9.17, 15) is 0 Å². The zero-order valence-corrected chi connectivity index (χ0v) is 12.8. The van der Waals surface area contributed by atoms with Gasteiger partial charge in [0.2, 0.25) is 0 Å². The van der Waals surface area contributed by atoms with Gasteiger partial charge in [0.05, 0.1) is 5.65 Å².